The van der Waals surface area contributed by atoms with Crippen LogP contribution in [0.3, 0.4) is 0 Å². The highest BCUT2D eigenvalue weighted by atomic mass is 79.9. The lowest BCUT2D eigenvalue weighted by Gasteiger charge is -2.16. The highest BCUT2D eigenvalue weighted by Gasteiger charge is 2.26. The minimum absolute atomic E-state index is 0.0756. The zero-order valence-electron chi connectivity index (χ0n) is 12.3. The van der Waals surface area contributed by atoms with E-state index in [9.17, 15) is 18.3 Å². The second-order valence-corrected chi connectivity index (χ2v) is 8.41. The molecule has 0 unspecified atom stereocenters. The van der Waals surface area contributed by atoms with Crippen molar-refractivity contribution >= 4 is 54.5 Å². The van der Waals surface area contributed by atoms with Gasteiger partial charge in [-0.2, -0.15) is 16.5 Å². The zero-order chi connectivity index (χ0) is 17.0. The van der Waals surface area contributed by atoms with Gasteiger partial charge in [0.1, 0.15) is 6.04 Å². The lowest BCUT2D eigenvalue weighted by molar-refractivity contribution is -0.139. The molecule has 0 saturated carbocycles. The zero-order valence-corrected chi connectivity index (χ0v) is 15.5. The van der Waals surface area contributed by atoms with E-state index >= 15 is 0 Å². The standard InChI is InChI=1S/C15H16BrNO4S2/c1-22-9-8-13(15(18)19)17-23(20,21)14-7-6-12(16)10-4-2-3-5-11(10)14/h2-7,13,17H,8-9H2,1H3,(H,18,19)/t13-/m1/s1. The van der Waals surface area contributed by atoms with Gasteiger partial charge in [0, 0.05) is 9.86 Å². The number of fused-ring (bicyclic) bond motifs is 1. The second kappa shape index (κ2) is 7.65. The molecule has 0 radical (unpaired) electrons. The van der Waals surface area contributed by atoms with Crippen LogP contribution in [0.25, 0.3) is 10.8 Å². The number of hydrogen-bond acceptors (Lipinski definition) is 4. The van der Waals surface area contributed by atoms with E-state index in [2.05, 4.69) is 20.7 Å². The summed E-state index contributed by atoms with van der Waals surface area (Å²) in [6.07, 6.45) is 2.07. The van der Waals surface area contributed by atoms with E-state index in [1.54, 1.807) is 24.3 Å². The predicted octanol–water partition coefficient (Wildman–Crippen LogP) is 3.09. The first-order valence-corrected chi connectivity index (χ1v) is 10.4. The Bertz CT molecular complexity index is 823. The smallest absolute Gasteiger partial charge is 0.321 e. The van der Waals surface area contributed by atoms with Gasteiger partial charge < -0.3 is 5.11 Å². The maximum Gasteiger partial charge on any atom is 0.321 e. The van der Waals surface area contributed by atoms with Crippen molar-refractivity contribution in [3.8, 4) is 0 Å². The summed E-state index contributed by atoms with van der Waals surface area (Å²) in [6.45, 7) is 0. The van der Waals surface area contributed by atoms with Gasteiger partial charge in [-0.25, -0.2) is 8.42 Å². The molecule has 0 fully saturated rings. The number of carbonyl (C=O) groups is 1. The molecule has 0 aliphatic heterocycles. The fraction of sp³-hybridized carbons (Fsp3) is 0.267. The molecule has 0 aliphatic carbocycles. The lowest BCUT2D eigenvalue weighted by atomic mass is 10.1. The van der Waals surface area contributed by atoms with Crippen molar-refractivity contribution in [3.05, 3.63) is 40.9 Å². The molecule has 1 atom stereocenters. The van der Waals surface area contributed by atoms with Crippen LogP contribution < -0.4 is 4.72 Å². The van der Waals surface area contributed by atoms with Gasteiger partial charge >= 0.3 is 5.97 Å². The molecule has 124 valence electrons. The first kappa shape index (κ1) is 18.3. The van der Waals surface area contributed by atoms with Crippen LogP contribution in [-0.2, 0) is 14.8 Å². The van der Waals surface area contributed by atoms with E-state index in [0.717, 1.165) is 9.86 Å². The Morgan fingerprint density at radius 1 is 1.26 bits per heavy atom. The Balaban J connectivity index is 2.44. The number of carboxylic acid groups (broad SMARTS) is 1. The van der Waals surface area contributed by atoms with Crippen LogP contribution in [0.15, 0.2) is 45.8 Å². The molecular formula is C15H16BrNO4S2. The molecule has 0 amide bonds. The van der Waals surface area contributed by atoms with Crippen molar-refractivity contribution in [1.82, 2.24) is 4.72 Å². The fourth-order valence-corrected chi connectivity index (χ4v) is 4.57. The molecule has 0 bridgehead atoms. The molecule has 0 saturated heterocycles. The third-order valence-corrected chi connectivity index (χ3v) is 6.19. The molecule has 2 aromatic rings. The second-order valence-electron chi connectivity index (χ2n) is 4.88. The van der Waals surface area contributed by atoms with E-state index in [1.165, 1.54) is 17.8 Å². The van der Waals surface area contributed by atoms with Gasteiger partial charge in [-0.3, -0.25) is 4.79 Å². The van der Waals surface area contributed by atoms with Crippen molar-refractivity contribution in [1.29, 1.82) is 0 Å². The van der Waals surface area contributed by atoms with Gasteiger partial charge in [0.05, 0.1) is 4.90 Å². The highest BCUT2D eigenvalue weighted by molar-refractivity contribution is 9.10. The molecular weight excluding hydrogens is 402 g/mol. The van der Waals surface area contributed by atoms with Crippen molar-refractivity contribution < 1.29 is 18.3 Å². The Morgan fingerprint density at radius 3 is 2.52 bits per heavy atom. The normalized spacial score (nSPS) is 13.1. The summed E-state index contributed by atoms with van der Waals surface area (Å²) in [4.78, 5) is 11.4. The first-order valence-electron chi connectivity index (χ1n) is 6.78. The van der Waals surface area contributed by atoms with Crippen LogP contribution in [0.5, 0.6) is 0 Å². The van der Waals surface area contributed by atoms with Crippen molar-refractivity contribution in [2.24, 2.45) is 0 Å². The average Bonchev–Trinajstić information content (AvgIpc) is 2.51. The van der Waals surface area contributed by atoms with Crippen LogP contribution in [0.4, 0.5) is 0 Å². The molecule has 2 aromatic carbocycles. The number of thioether (sulfide) groups is 1. The number of benzene rings is 2. The first-order chi connectivity index (χ1) is 10.9. The third-order valence-electron chi connectivity index (χ3n) is 3.33. The van der Waals surface area contributed by atoms with Gasteiger partial charge in [-0.1, -0.05) is 40.2 Å². The fourth-order valence-electron chi connectivity index (χ4n) is 2.19. The van der Waals surface area contributed by atoms with Gasteiger partial charge in [0.25, 0.3) is 0 Å². The molecule has 8 heteroatoms. The Hall–Kier alpha value is -1.09. The van der Waals surface area contributed by atoms with Gasteiger partial charge in [0.15, 0.2) is 0 Å². The molecule has 0 aliphatic rings. The van der Waals surface area contributed by atoms with Crippen LogP contribution in [0, 0.1) is 0 Å². The summed E-state index contributed by atoms with van der Waals surface area (Å²) >= 11 is 4.86. The van der Waals surface area contributed by atoms with Gasteiger partial charge in [-0.15, -0.1) is 0 Å². The largest absolute Gasteiger partial charge is 0.480 e. The van der Waals surface area contributed by atoms with Crippen molar-refractivity contribution in [2.45, 2.75) is 17.4 Å². The Labute approximate surface area is 147 Å². The maximum absolute atomic E-state index is 12.6. The maximum atomic E-state index is 12.6. The van der Waals surface area contributed by atoms with Gasteiger partial charge in [0.2, 0.25) is 10.0 Å². The minimum Gasteiger partial charge on any atom is -0.480 e. The number of carboxylic acids is 1. The number of aliphatic carboxylic acids is 1. The summed E-state index contributed by atoms with van der Waals surface area (Å²) in [5.41, 5.74) is 0. The van der Waals surface area contributed by atoms with Crippen LogP contribution in [0.1, 0.15) is 6.42 Å². The molecule has 0 heterocycles. The number of halogens is 1. The lowest BCUT2D eigenvalue weighted by Crippen LogP contribution is -2.41. The Kier molecular flexibility index (Phi) is 6.07. The molecule has 0 spiro atoms. The minimum atomic E-state index is -3.94. The monoisotopic (exact) mass is 417 g/mol. The highest BCUT2D eigenvalue weighted by Crippen LogP contribution is 2.29. The van der Waals surface area contributed by atoms with Crippen LogP contribution in [-0.4, -0.2) is 37.5 Å². The van der Waals surface area contributed by atoms with Crippen molar-refractivity contribution in [2.75, 3.05) is 12.0 Å². The molecule has 2 rings (SSSR count). The summed E-state index contributed by atoms with van der Waals surface area (Å²) in [5.74, 6) is -0.621. The SMILES string of the molecule is CSCC[C@@H](NS(=O)(=O)c1ccc(Br)c2ccccc12)C(=O)O. The third kappa shape index (κ3) is 4.26. The topological polar surface area (TPSA) is 83.5 Å². The quantitative estimate of drug-likeness (QED) is 0.722. The number of nitrogens with one attached hydrogen (secondary N) is 1. The van der Waals surface area contributed by atoms with Gasteiger partial charge in [-0.05, 0) is 35.9 Å². The summed E-state index contributed by atoms with van der Waals surface area (Å²) < 4.78 is 28.4. The molecule has 2 N–H and O–H groups in total. The van der Waals surface area contributed by atoms with Crippen LogP contribution in [0.2, 0.25) is 0 Å². The summed E-state index contributed by atoms with van der Waals surface area (Å²) in [7, 11) is -3.94. The van der Waals surface area contributed by atoms with Crippen LogP contribution >= 0.6 is 27.7 Å². The summed E-state index contributed by atoms with van der Waals surface area (Å²) in [6, 6.07) is 9.05. The average molecular weight is 418 g/mol. The van der Waals surface area contributed by atoms with E-state index in [4.69, 9.17) is 0 Å². The van der Waals surface area contributed by atoms with Crippen molar-refractivity contribution in [3.63, 3.8) is 0 Å². The van der Waals surface area contributed by atoms with E-state index in [0.29, 0.717) is 11.1 Å². The number of hydrogen-bond donors (Lipinski definition) is 2. The van der Waals surface area contributed by atoms with E-state index < -0.39 is 22.0 Å². The van der Waals surface area contributed by atoms with E-state index in [-0.39, 0.29) is 11.3 Å². The number of sulfonamides is 1. The summed E-state index contributed by atoms with van der Waals surface area (Å²) in [5, 5.41) is 10.5. The van der Waals surface area contributed by atoms with E-state index in [1.807, 2.05) is 12.3 Å². The molecule has 5 nitrogen and oxygen atoms in total. The Morgan fingerprint density at radius 2 is 1.91 bits per heavy atom. The molecule has 23 heavy (non-hydrogen) atoms. The molecule has 0 aromatic heterocycles. The predicted molar refractivity (Wildman–Crippen MR) is 96.4 cm³/mol. The number of rotatable bonds is 7.